The van der Waals surface area contributed by atoms with E-state index in [-0.39, 0.29) is 5.60 Å². The molecular weight excluding hydrogens is 216 g/mol. The molecule has 1 aliphatic rings. The number of hydrogen-bond donors (Lipinski definition) is 1. The van der Waals surface area contributed by atoms with Crippen molar-refractivity contribution >= 4 is 0 Å². The fraction of sp³-hybridized carbons (Fsp3) is 1.00. The van der Waals surface area contributed by atoms with E-state index in [2.05, 4.69) is 25.8 Å². The molecular formula is C13H28N2O2. The van der Waals surface area contributed by atoms with Crippen molar-refractivity contribution < 1.29 is 9.47 Å². The molecule has 0 aliphatic carbocycles. The van der Waals surface area contributed by atoms with Crippen LogP contribution in [0.2, 0.25) is 0 Å². The van der Waals surface area contributed by atoms with Gasteiger partial charge in [0.2, 0.25) is 0 Å². The van der Waals surface area contributed by atoms with E-state index in [1.807, 2.05) is 0 Å². The third-order valence-corrected chi connectivity index (χ3v) is 3.69. The highest BCUT2D eigenvalue weighted by Gasteiger charge is 2.27. The van der Waals surface area contributed by atoms with Gasteiger partial charge in [0.1, 0.15) is 0 Å². The Kier molecular flexibility index (Phi) is 5.86. The molecule has 0 aromatic carbocycles. The second-order valence-corrected chi connectivity index (χ2v) is 5.63. The van der Waals surface area contributed by atoms with E-state index in [1.54, 1.807) is 7.11 Å². The molecule has 0 bridgehead atoms. The summed E-state index contributed by atoms with van der Waals surface area (Å²) in [7, 11) is 3.89. The minimum atomic E-state index is -0.116. The van der Waals surface area contributed by atoms with Crippen molar-refractivity contribution in [1.82, 2.24) is 4.90 Å². The first kappa shape index (κ1) is 14.9. The summed E-state index contributed by atoms with van der Waals surface area (Å²) in [4.78, 5) is 2.32. The van der Waals surface area contributed by atoms with E-state index in [0.717, 1.165) is 19.6 Å². The zero-order valence-corrected chi connectivity index (χ0v) is 11.7. The molecule has 0 saturated carbocycles. The second-order valence-electron chi connectivity index (χ2n) is 5.63. The summed E-state index contributed by atoms with van der Waals surface area (Å²) in [5, 5.41) is 0. The Morgan fingerprint density at radius 2 is 2.24 bits per heavy atom. The molecule has 1 saturated heterocycles. The van der Waals surface area contributed by atoms with Gasteiger partial charge in [0.25, 0.3) is 0 Å². The van der Waals surface area contributed by atoms with E-state index >= 15 is 0 Å². The van der Waals surface area contributed by atoms with Crippen molar-refractivity contribution in [2.75, 3.05) is 33.9 Å². The third-order valence-electron chi connectivity index (χ3n) is 3.69. The minimum Gasteiger partial charge on any atom is -0.379 e. The predicted molar refractivity (Wildman–Crippen MR) is 70.2 cm³/mol. The molecule has 2 unspecified atom stereocenters. The summed E-state index contributed by atoms with van der Waals surface area (Å²) in [6, 6.07) is 0.356. The Labute approximate surface area is 105 Å². The van der Waals surface area contributed by atoms with E-state index in [1.165, 1.54) is 12.8 Å². The van der Waals surface area contributed by atoms with Crippen LogP contribution in [0.5, 0.6) is 0 Å². The number of methoxy groups -OCH3 is 1. The summed E-state index contributed by atoms with van der Waals surface area (Å²) in [5.74, 6) is 0. The number of hydrogen-bond acceptors (Lipinski definition) is 4. The number of nitrogens with zero attached hydrogens (tertiary/aromatic N) is 1. The van der Waals surface area contributed by atoms with Crippen molar-refractivity contribution in [3.63, 3.8) is 0 Å². The first-order chi connectivity index (χ1) is 7.98. The maximum atomic E-state index is 5.87. The highest BCUT2D eigenvalue weighted by molar-refractivity contribution is 4.82. The fourth-order valence-corrected chi connectivity index (χ4v) is 2.33. The topological polar surface area (TPSA) is 47.7 Å². The minimum absolute atomic E-state index is 0.116. The fourth-order valence-electron chi connectivity index (χ4n) is 2.33. The maximum absolute atomic E-state index is 5.87. The number of rotatable bonds is 7. The molecule has 1 heterocycles. The Hall–Kier alpha value is -0.160. The summed E-state index contributed by atoms with van der Waals surface area (Å²) >= 11 is 0. The highest BCUT2D eigenvalue weighted by atomic mass is 16.5. The van der Waals surface area contributed by atoms with Crippen molar-refractivity contribution in [3.8, 4) is 0 Å². The summed E-state index contributed by atoms with van der Waals surface area (Å²) in [6.45, 7) is 6.76. The molecule has 2 N–H and O–H groups in total. The van der Waals surface area contributed by atoms with E-state index in [9.17, 15) is 0 Å². The van der Waals surface area contributed by atoms with Crippen molar-refractivity contribution in [1.29, 1.82) is 0 Å². The van der Waals surface area contributed by atoms with E-state index < -0.39 is 0 Å². The lowest BCUT2D eigenvalue weighted by Gasteiger charge is -2.34. The Bertz CT molecular complexity index is 215. The Balaban J connectivity index is 2.42. The van der Waals surface area contributed by atoms with Crippen LogP contribution < -0.4 is 5.73 Å². The first-order valence-electron chi connectivity index (χ1n) is 6.55. The van der Waals surface area contributed by atoms with Gasteiger partial charge >= 0.3 is 0 Å². The standard InChI is InChI=1S/C13H28N2O2/c1-13(2,16-4)8-11(9-14)15(3)10-12-6-5-7-17-12/h11-12H,5-10,14H2,1-4H3. The molecule has 2 atom stereocenters. The van der Waals surface area contributed by atoms with E-state index in [4.69, 9.17) is 15.2 Å². The van der Waals surface area contributed by atoms with Crippen LogP contribution in [0.3, 0.4) is 0 Å². The molecule has 0 aromatic rings. The number of likely N-dealkylation sites (N-methyl/N-ethyl adjacent to an activating group) is 1. The summed E-state index contributed by atoms with van der Waals surface area (Å²) in [5.41, 5.74) is 5.76. The summed E-state index contributed by atoms with van der Waals surface area (Å²) < 4.78 is 11.1. The molecule has 0 radical (unpaired) electrons. The molecule has 4 heteroatoms. The molecule has 0 spiro atoms. The van der Waals surface area contributed by atoms with Crippen LogP contribution in [0.1, 0.15) is 33.1 Å². The Morgan fingerprint density at radius 1 is 1.53 bits per heavy atom. The van der Waals surface area contributed by atoms with Crippen LogP contribution in [-0.4, -0.2) is 56.5 Å². The molecule has 1 rings (SSSR count). The van der Waals surface area contributed by atoms with Crippen LogP contribution in [0.15, 0.2) is 0 Å². The van der Waals surface area contributed by atoms with Gasteiger partial charge in [0, 0.05) is 32.8 Å². The number of nitrogens with two attached hydrogens (primary N) is 1. The van der Waals surface area contributed by atoms with Gasteiger partial charge in [-0.05, 0) is 40.2 Å². The molecule has 1 aliphatic heterocycles. The third kappa shape index (κ3) is 4.92. The number of ether oxygens (including phenoxy) is 2. The van der Waals surface area contributed by atoms with Gasteiger partial charge in [-0.2, -0.15) is 0 Å². The molecule has 102 valence electrons. The largest absolute Gasteiger partial charge is 0.379 e. The molecule has 0 amide bonds. The molecule has 4 nitrogen and oxygen atoms in total. The average molecular weight is 244 g/mol. The van der Waals surface area contributed by atoms with Crippen LogP contribution in [0.25, 0.3) is 0 Å². The predicted octanol–water partition coefficient (Wildman–Crippen LogP) is 1.24. The van der Waals surface area contributed by atoms with Gasteiger partial charge in [-0.1, -0.05) is 0 Å². The van der Waals surface area contributed by atoms with Crippen molar-refractivity contribution in [2.45, 2.75) is 50.9 Å². The highest BCUT2D eigenvalue weighted by Crippen LogP contribution is 2.20. The zero-order chi connectivity index (χ0) is 12.9. The van der Waals surface area contributed by atoms with Crippen molar-refractivity contribution in [2.24, 2.45) is 5.73 Å². The van der Waals surface area contributed by atoms with Crippen LogP contribution in [0, 0.1) is 0 Å². The van der Waals surface area contributed by atoms with E-state index in [0.29, 0.717) is 18.7 Å². The molecule has 1 fully saturated rings. The SMILES string of the molecule is COC(C)(C)CC(CN)N(C)CC1CCCO1. The normalized spacial score (nSPS) is 23.3. The average Bonchev–Trinajstić information content (AvgIpc) is 2.78. The second kappa shape index (κ2) is 6.69. The van der Waals surface area contributed by atoms with Crippen molar-refractivity contribution in [3.05, 3.63) is 0 Å². The lowest BCUT2D eigenvalue weighted by atomic mass is 9.97. The zero-order valence-electron chi connectivity index (χ0n) is 11.7. The van der Waals surface area contributed by atoms with Gasteiger partial charge in [-0.15, -0.1) is 0 Å². The van der Waals surface area contributed by atoms with Crippen LogP contribution in [-0.2, 0) is 9.47 Å². The van der Waals surface area contributed by atoms with Gasteiger partial charge < -0.3 is 15.2 Å². The lowest BCUT2D eigenvalue weighted by molar-refractivity contribution is -0.0113. The summed E-state index contributed by atoms with van der Waals surface area (Å²) in [6.07, 6.45) is 3.70. The smallest absolute Gasteiger partial charge is 0.0702 e. The van der Waals surface area contributed by atoms with Crippen LogP contribution in [0.4, 0.5) is 0 Å². The quantitative estimate of drug-likeness (QED) is 0.732. The molecule has 0 aromatic heterocycles. The van der Waals surface area contributed by atoms with Gasteiger partial charge in [-0.3, -0.25) is 4.90 Å². The first-order valence-corrected chi connectivity index (χ1v) is 6.55. The van der Waals surface area contributed by atoms with Crippen LogP contribution >= 0.6 is 0 Å². The Morgan fingerprint density at radius 3 is 2.71 bits per heavy atom. The molecule has 17 heavy (non-hydrogen) atoms. The maximum Gasteiger partial charge on any atom is 0.0702 e. The van der Waals surface area contributed by atoms with Gasteiger partial charge in [0.05, 0.1) is 11.7 Å². The monoisotopic (exact) mass is 244 g/mol. The van der Waals surface area contributed by atoms with Gasteiger partial charge in [0.15, 0.2) is 0 Å². The lowest BCUT2D eigenvalue weighted by Crippen LogP contribution is -2.46. The van der Waals surface area contributed by atoms with Gasteiger partial charge in [-0.25, -0.2) is 0 Å².